The van der Waals surface area contributed by atoms with Gasteiger partial charge in [-0.15, -0.1) is 0 Å². The number of likely N-dealkylation sites (tertiary alicyclic amines) is 3. The summed E-state index contributed by atoms with van der Waals surface area (Å²) in [6.45, 7) is 6.20. The number of carbonyl (C=O) groups excluding carboxylic acids is 13. The number of nitrogens with two attached hydrogens (primary N) is 6. The zero-order valence-corrected chi connectivity index (χ0v) is 56.4. The maximum absolute atomic E-state index is 14.6. The van der Waals surface area contributed by atoms with Crippen molar-refractivity contribution in [3.63, 3.8) is 0 Å². The molecule has 0 unspecified atom stereocenters. The lowest BCUT2D eigenvalue weighted by molar-refractivity contribution is -0.145. The minimum atomic E-state index is -1.81. The Morgan fingerprint density at radius 2 is 1.02 bits per heavy atom. The number of aromatic amines is 1. The zero-order valence-electron chi connectivity index (χ0n) is 55.5. The first kappa shape index (κ1) is 80.7. The van der Waals surface area contributed by atoms with Gasteiger partial charge in [-0.1, -0.05) is 27.7 Å². The average Bonchev–Trinajstić information content (AvgIpc) is 1.76. The Hall–Kier alpha value is -8.71. The summed E-state index contributed by atoms with van der Waals surface area (Å²) in [5.74, 6) is -13.1. The molecule has 1 aromatic rings. The SMILES string of the molecule is CC(C)C[C@H](NC(=O)[C@@H]1CCCN1C(=O)[C@H](CC(N)=O)NC(=O)[C@H](CCCN=C(N)N)NC(=O)[C@H](CO)NC(=O)[C@H](CCCCN)NC(=O)[C@H](CC(C)C)NC(=O)[C@@H]1CCCN1C(=O)[C@H](CCC(N)=O)NC(=O)[C@@H]1CCCN1C(=O)[C@H](Cc1cnc[nH]1)NC(=O)[C@@H](N)CS)C(=O)O. The summed E-state index contributed by atoms with van der Waals surface area (Å²) < 4.78 is 0. The number of H-pyrrole nitrogens is 1. The van der Waals surface area contributed by atoms with Gasteiger partial charge < -0.3 is 107 Å². The van der Waals surface area contributed by atoms with Gasteiger partial charge >= 0.3 is 5.97 Å². The molecule has 12 atom stereocenters. The molecule has 0 aromatic carbocycles. The molecule has 4 rings (SSSR count). The third-order valence-electron chi connectivity index (χ3n) is 16.6. The van der Waals surface area contributed by atoms with Gasteiger partial charge in [-0.3, -0.25) is 67.3 Å². The van der Waals surface area contributed by atoms with Crippen LogP contribution in [0.2, 0.25) is 0 Å². The number of guanidine groups is 1. The summed E-state index contributed by atoms with van der Waals surface area (Å²) in [6.07, 6.45) is 3.14. The first-order valence-corrected chi connectivity index (χ1v) is 33.4. The number of aliphatic hydroxyl groups is 1. The van der Waals surface area contributed by atoms with Gasteiger partial charge in [-0.2, -0.15) is 12.6 Å². The van der Waals surface area contributed by atoms with E-state index in [9.17, 15) is 77.3 Å². The number of thiol groups is 1. The summed E-state index contributed by atoms with van der Waals surface area (Å²) in [4.78, 5) is 206. The fourth-order valence-corrected chi connectivity index (χ4v) is 11.8. The molecule has 0 radical (unpaired) electrons. The van der Waals surface area contributed by atoms with Crippen LogP contribution in [0.1, 0.15) is 136 Å². The van der Waals surface area contributed by atoms with Gasteiger partial charge in [-0.25, -0.2) is 9.78 Å². The van der Waals surface area contributed by atoms with E-state index in [4.69, 9.17) is 34.4 Å². The molecule has 36 nitrogen and oxygen atoms in total. The summed E-state index contributed by atoms with van der Waals surface area (Å²) in [5.41, 5.74) is 34.2. The molecule has 3 aliphatic heterocycles. The highest BCUT2D eigenvalue weighted by atomic mass is 32.1. The van der Waals surface area contributed by atoms with Gasteiger partial charge in [0.15, 0.2) is 5.96 Å². The number of amides is 13. The van der Waals surface area contributed by atoms with Crippen molar-refractivity contribution in [3.05, 3.63) is 18.2 Å². The van der Waals surface area contributed by atoms with Crippen molar-refractivity contribution in [2.24, 2.45) is 51.2 Å². The summed E-state index contributed by atoms with van der Waals surface area (Å²) in [6, 6.07) is -16.4. The van der Waals surface area contributed by atoms with Gasteiger partial charge in [0.2, 0.25) is 76.8 Å². The Kier molecular flexibility index (Phi) is 33.4. The van der Waals surface area contributed by atoms with Gasteiger partial charge in [0.25, 0.3) is 0 Å². The van der Waals surface area contributed by atoms with Crippen molar-refractivity contribution in [3.8, 4) is 0 Å². The largest absolute Gasteiger partial charge is 0.480 e. The molecule has 0 bridgehead atoms. The molecule has 3 fully saturated rings. The van der Waals surface area contributed by atoms with E-state index in [1.54, 1.807) is 27.7 Å². The number of hydrogen-bond donors (Lipinski definition) is 18. The van der Waals surface area contributed by atoms with E-state index in [1.807, 2.05) is 0 Å². The summed E-state index contributed by atoms with van der Waals surface area (Å²) >= 11 is 4.09. The second-order valence-electron chi connectivity index (χ2n) is 25.3. The molecule has 23 N–H and O–H groups in total. The molecule has 4 heterocycles. The highest BCUT2D eigenvalue weighted by molar-refractivity contribution is 7.80. The van der Waals surface area contributed by atoms with E-state index in [-0.39, 0.29) is 133 Å². The number of primary amides is 2. The van der Waals surface area contributed by atoms with Gasteiger partial charge in [-0.05, 0) is 108 Å². The van der Waals surface area contributed by atoms with Crippen LogP contribution in [0, 0.1) is 11.8 Å². The molecule has 37 heteroatoms. The van der Waals surface area contributed by atoms with Crippen LogP contribution in [0.3, 0.4) is 0 Å². The zero-order chi connectivity index (χ0) is 72.2. The Labute approximate surface area is 567 Å². The van der Waals surface area contributed by atoms with Crippen molar-refractivity contribution in [2.75, 3.05) is 45.1 Å². The number of aliphatic hydroxyl groups excluding tert-OH is 1. The molecule has 3 aliphatic rings. The van der Waals surface area contributed by atoms with E-state index in [2.05, 4.69) is 70.1 Å². The standard InChI is InChI=1S/C60H100N20O16S/c1-31(2)23-38(73-54(90)44-14-8-20-78(44)56(92)37(16-17-46(63)82)72-53(89)43-13-9-21-79(43)57(93)39(25-33-27-67-30-69-33)74-48(84)34(62)29-97)51(87)70-35(11-5-6-18-61)50(86)77-42(28-81)52(88)71-36(12-7-19-68-60(65)66)49(85)75-40(26-47(64)83)58(94)80-22-10-15-45(80)55(91)76-41(59(95)96)24-32(3)4/h27,30-32,34-45,81,97H,5-26,28-29,61-62H2,1-4H3,(H2,63,82)(H2,64,83)(H,67,69)(H,70,87)(H,71,88)(H,72,89)(H,73,90)(H,74,84)(H,75,85)(H,76,91)(H,77,86)(H,95,96)(H4,65,66,68)/t34-,35-,36-,37-,38-,39-,40-,41-,42-,43-,44-,45-/m0/s1. The minimum absolute atomic E-state index is 0.00248. The minimum Gasteiger partial charge on any atom is -0.480 e. The van der Waals surface area contributed by atoms with Crippen LogP contribution in [0.15, 0.2) is 17.5 Å². The molecule has 13 amide bonds. The quantitative estimate of drug-likeness (QED) is 0.0125. The number of rotatable bonds is 41. The highest BCUT2D eigenvalue weighted by Gasteiger charge is 2.44. The maximum atomic E-state index is 14.6. The van der Waals surface area contributed by atoms with Crippen molar-refractivity contribution in [2.45, 2.75) is 209 Å². The molecule has 542 valence electrons. The average molecular weight is 1390 g/mol. The van der Waals surface area contributed by atoms with Gasteiger partial charge in [0, 0.05) is 56.7 Å². The Balaban J connectivity index is 1.53. The monoisotopic (exact) mass is 1390 g/mol. The van der Waals surface area contributed by atoms with E-state index in [0.717, 1.165) is 4.90 Å². The van der Waals surface area contributed by atoms with Crippen molar-refractivity contribution in [1.29, 1.82) is 0 Å². The number of aliphatic imine (C=N–C) groups is 1. The fraction of sp³-hybridized carbons (Fsp3) is 0.700. The van der Waals surface area contributed by atoms with Crippen LogP contribution in [0.4, 0.5) is 0 Å². The Morgan fingerprint density at radius 3 is 1.47 bits per heavy atom. The molecule has 0 saturated carbocycles. The molecule has 97 heavy (non-hydrogen) atoms. The lowest BCUT2D eigenvalue weighted by Crippen LogP contribution is -2.61. The van der Waals surface area contributed by atoms with E-state index in [0.29, 0.717) is 31.4 Å². The second-order valence-corrected chi connectivity index (χ2v) is 25.7. The second kappa shape index (κ2) is 40.1. The first-order valence-electron chi connectivity index (χ1n) is 32.7. The number of aliphatic carboxylic acids is 1. The molecular formula is C60H100N20O16S. The Bertz CT molecular complexity index is 2940. The lowest BCUT2D eigenvalue weighted by Gasteiger charge is -2.32. The van der Waals surface area contributed by atoms with Crippen molar-refractivity contribution in [1.82, 2.24) is 67.2 Å². The maximum Gasteiger partial charge on any atom is 0.326 e. The van der Waals surface area contributed by atoms with Gasteiger partial charge in [0.05, 0.1) is 25.4 Å². The van der Waals surface area contributed by atoms with Crippen LogP contribution in [0.25, 0.3) is 0 Å². The van der Waals surface area contributed by atoms with E-state index < -0.39 is 168 Å². The van der Waals surface area contributed by atoms with Crippen LogP contribution >= 0.6 is 12.6 Å². The van der Waals surface area contributed by atoms with Gasteiger partial charge in [0.1, 0.15) is 66.5 Å². The number of carboxylic acid groups (broad SMARTS) is 1. The smallest absolute Gasteiger partial charge is 0.326 e. The summed E-state index contributed by atoms with van der Waals surface area (Å²) in [7, 11) is 0. The predicted molar refractivity (Wildman–Crippen MR) is 352 cm³/mol. The van der Waals surface area contributed by atoms with Crippen LogP contribution < -0.4 is 76.9 Å². The topological polar surface area (TPSA) is 583 Å². The molecule has 3 saturated heterocycles. The Morgan fingerprint density at radius 1 is 0.577 bits per heavy atom. The number of imidazole rings is 1. The van der Waals surface area contributed by atoms with Crippen LogP contribution in [-0.2, 0) is 73.5 Å². The first-order chi connectivity index (χ1) is 45.9. The van der Waals surface area contributed by atoms with Crippen molar-refractivity contribution < 1.29 is 77.3 Å². The number of hydrogen-bond acceptors (Lipinski definition) is 20. The van der Waals surface area contributed by atoms with E-state index >= 15 is 0 Å². The highest BCUT2D eigenvalue weighted by Crippen LogP contribution is 2.25. The van der Waals surface area contributed by atoms with Crippen LogP contribution in [-0.4, -0.2) is 241 Å². The third-order valence-corrected chi connectivity index (χ3v) is 17.0. The number of unbranched alkanes of at least 4 members (excludes halogenated alkanes) is 1. The number of carboxylic acids is 1. The molecule has 0 spiro atoms. The predicted octanol–water partition coefficient (Wildman–Crippen LogP) is -6.45. The molecule has 0 aliphatic carbocycles. The molecular weight excluding hydrogens is 1290 g/mol. The van der Waals surface area contributed by atoms with Crippen molar-refractivity contribution >= 4 is 101 Å². The van der Waals surface area contributed by atoms with E-state index in [1.165, 1.54) is 22.3 Å². The van der Waals surface area contributed by atoms with Crippen LogP contribution in [0.5, 0.6) is 0 Å². The normalized spacial score (nSPS) is 18.8. The summed E-state index contributed by atoms with van der Waals surface area (Å²) in [5, 5.41) is 40.8. The fourth-order valence-electron chi connectivity index (χ4n) is 11.6. The lowest BCUT2D eigenvalue weighted by atomic mass is 10.0. The number of aromatic nitrogens is 2. The number of nitrogens with zero attached hydrogens (tertiary/aromatic N) is 5. The molecule has 1 aromatic heterocycles. The third kappa shape index (κ3) is 25.7. The number of carbonyl (C=O) groups is 14. The number of nitrogens with one attached hydrogen (secondary N) is 9.